The van der Waals surface area contributed by atoms with Crippen LogP contribution in [0.25, 0.3) is 6.08 Å². The van der Waals surface area contributed by atoms with E-state index < -0.39 is 6.98 Å². The summed E-state index contributed by atoms with van der Waals surface area (Å²) in [4.78, 5) is 0. The van der Waals surface area contributed by atoms with Gasteiger partial charge in [-0.15, -0.1) is 5.98 Å². The van der Waals surface area contributed by atoms with E-state index in [-0.39, 0.29) is 51.4 Å². The molecule has 0 aromatic heterocycles. The molecule has 0 aliphatic carbocycles. The van der Waals surface area contributed by atoms with Gasteiger partial charge < -0.3 is 12.9 Å². The second-order valence-electron chi connectivity index (χ2n) is 2.99. The van der Waals surface area contributed by atoms with Gasteiger partial charge in [-0.25, -0.2) is 0 Å². The minimum absolute atomic E-state index is 0. The van der Waals surface area contributed by atoms with Crippen molar-refractivity contribution in [3.05, 3.63) is 39.8 Å². The van der Waals surface area contributed by atoms with Crippen LogP contribution in [0.4, 0.5) is 12.9 Å². The van der Waals surface area contributed by atoms with Crippen molar-refractivity contribution in [1.29, 1.82) is 0 Å². The van der Waals surface area contributed by atoms with Gasteiger partial charge in [-0.05, 0) is 24.1 Å². The molecule has 0 nitrogen and oxygen atoms in total. The molecule has 0 N–H and O–H groups in total. The second kappa shape index (κ2) is 6.61. The molecule has 0 fully saturated rings. The van der Waals surface area contributed by atoms with Gasteiger partial charge in [-0.2, -0.15) is 0 Å². The third-order valence-corrected chi connectivity index (χ3v) is 2.58. The standard InChI is InChI=1S/C9H8BBrF3.K/c1-7-6-8(2-3-9(7)11)4-5-10(12,13)14;/h2-6H,1H3;/q-1;+1/b5-4+;. The smallest absolute Gasteiger partial charge is 0.445 e. The summed E-state index contributed by atoms with van der Waals surface area (Å²) in [6.45, 7) is -3.01. The van der Waals surface area contributed by atoms with E-state index in [9.17, 15) is 12.9 Å². The fourth-order valence-corrected chi connectivity index (χ4v) is 1.24. The third kappa shape index (κ3) is 6.29. The van der Waals surface area contributed by atoms with E-state index >= 15 is 0 Å². The van der Waals surface area contributed by atoms with E-state index in [2.05, 4.69) is 15.9 Å². The Hall–Kier alpha value is 0.931. The van der Waals surface area contributed by atoms with Gasteiger partial charge in [-0.1, -0.05) is 34.1 Å². The molecule has 1 aromatic carbocycles. The van der Waals surface area contributed by atoms with Crippen molar-refractivity contribution in [2.75, 3.05) is 0 Å². The van der Waals surface area contributed by atoms with Crippen LogP contribution in [0, 0.1) is 6.92 Å². The molecule has 0 unspecified atom stereocenters. The van der Waals surface area contributed by atoms with E-state index in [0.717, 1.165) is 16.1 Å². The molecule has 0 aliphatic heterocycles. The van der Waals surface area contributed by atoms with Crippen molar-refractivity contribution in [2.24, 2.45) is 0 Å². The van der Waals surface area contributed by atoms with Gasteiger partial charge in [0.15, 0.2) is 0 Å². The number of rotatable bonds is 2. The molecule has 0 spiro atoms. The quantitative estimate of drug-likeness (QED) is 0.719. The van der Waals surface area contributed by atoms with Crippen molar-refractivity contribution in [3.8, 4) is 0 Å². The largest absolute Gasteiger partial charge is 1.00 e. The summed E-state index contributed by atoms with van der Waals surface area (Å²) in [6, 6.07) is 5.07. The van der Waals surface area contributed by atoms with Gasteiger partial charge in [0.25, 0.3) is 0 Å². The third-order valence-electron chi connectivity index (χ3n) is 1.69. The first-order chi connectivity index (χ1) is 6.38. The normalized spacial score (nSPS) is 11.5. The summed E-state index contributed by atoms with van der Waals surface area (Å²) in [7, 11) is 0. The molecule has 0 heterocycles. The Morgan fingerprint density at radius 2 is 1.87 bits per heavy atom. The molecule has 15 heavy (non-hydrogen) atoms. The number of halogens is 4. The molecule has 0 radical (unpaired) electrons. The Labute approximate surface area is 138 Å². The van der Waals surface area contributed by atoms with Crippen molar-refractivity contribution < 1.29 is 64.3 Å². The Kier molecular flexibility index (Phi) is 7.03. The van der Waals surface area contributed by atoms with Crippen LogP contribution in [0.15, 0.2) is 28.6 Å². The van der Waals surface area contributed by atoms with Crippen LogP contribution >= 0.6 is 15.9 Å². The first-order valence-corrected chi connectivity index (χ1v) is 4.83. The SMILES string of the molecule is Cc1cc(/C=C/[B-](F)(F)F)ccc1Br.[K+]. The van der Waals surface area contributed by atoms with Crippen LogP contribution in [-0.2, 0) is 0 Å². The van der Waals surface area contributed by atoms with Gasteiger partial charge in [-0.3, -0.25) is 0 Å². The fraction of sp³-hybridized carbons (Fsp3) is 0.111. The predicted molar refractivity (Wildman–Crippen MR) is 57.0 cm³/mol. The molecule has 1 aromatic rings. The second-order valence-corrected chi connectivity index (χ2v) is 3.85. The zero-order chi connectivity index (χ0) is 10.8. The van der Waals surface area contributed by atoms with E-state index in [1.54, 1.807) is 18.2 Å². The molecule has 1 rings (SSSR count). The molecule has 0 saturated carbocycles. The predicted octanol–water partition coefficient (Wildman–Crippen LogP) is 1.16. The molecule has 0 atom stereocenters. The van der Waals surface area contributed by atoms with Crippen LogP contribution in [0.1, 0.15) is 11.1 Å². The van der Waals surface area contributed by atoms with Gasteiger partial charge >= 0.3 is 58.4 Å². The van der Waals surface area contributed by atoms with Crippen molar-refractivity contribution >= 4 is 29.0 Å². The molecular formula is C9H8BBrF3K. The van der Waals surface area contributed by atoms with Gasteiger partial charge in [0.05, 0.1) is 0 Å². The number of benzene rings is 1. The van der Waals surface area contributed by atoms with Crippen LogP contribution in [0.5, 0.6) is 0 Å². The number of aryl methyl sites for hydroxylation is 1. The Balaban J connectivity index is 0.00000196. The minimum Gasteiger partial charge on any atom is -0.445 e. The molecule has 0 aliphatic rings. The number of hydrogen-bond donors (Lipinski definition) is 0. The maximum Gasteiger partial charge on any atom is 1.00 e. The Morgan fingerprint density at radius 1 is 1.27 bits per heavy atom. The van der Waals surface area contributed by atoms with Gasteiger partial charge in [0.2, 0.25) is 0 Å². The summed E-state index contributed by atoms with van der Waals surface area (Å²) in [5, 5.41) is 0. The average Bonchev–Trinajstić information content (AvgIpc) is 2.06. The maximum atomic E-state index is 11.9. The summed E-state index contributed by atoms with van der Waals surface area (Å²) >= 11 is 3.28. The summed E-state index contributed by atoms with van der Waals surface area (Å²) in [6.07, 6.45) is 1.08. The molecular weight excluding hydrogens is 295 g/mol. The number of hydrogen-bond acceptors (Lipinski definition) is 0. The van der Waals surface area contributed by atoms with Crippen LogP contribution in [-0.4, -0.2) is 6.98 Å². The van der Waals surface area contributed by atoms with Crippen molar-refractivity contribution in [2.45, 2.75) is 6.92 Å². The van der Waals surface area contributed by atoms with Crippen LogP contribution in [0.3, 0.4) is 0 Å². The Morgan fingerprint density at radius 3 is 2.33 bits per heavy atom. The molecule has 76 valence electrons. The zero-order valence-corrected chi connectivity index (χ0v) is 13.2. The van der Waals surface area contributed by atoms with E-state index in [1.807, 2.05) is 6.92 Å². The van der Waals surface area contributed by atoms with Crippen molar-refractivity contribution in [3.63, 3.8) is 0 Å². The summed E-state index contributed by atoms with van der Waals surface area (Å²) in [5.74, 6) is 0.294. The van der Waals surface area contributed by atoms with E-state index in [0.29, 0.717) is 11.5 Å². The fourth-order valence-electron chi connectivity index (χ4n) is 0.992. The van der Waals surface area contributed by atoms with E-state index in [4.69, 9.17) is 0 Å². The summed E-state index contributed by atoms with van der Waals surface area (Å²) < 4.78 is 36.6. The topological polar surface area (TPSA) is 0 Å². The van der Waals surface area contributed by atoms with Crippen LogP contribution < -0.4 is 51.4 Å². The summed E-state index contributed by atoms with van der Waals surface area (Å²) in [5.41, 5.74) is 1.48. The maximum absolute atomic E-state index is 11.9. The average molecular weight is 303 g/mol. The van der Waals surface area contributed by atoms with Crippen LogP contribution in [0.2, 0.25) is 0 Å². The molecule has 0 amide bonds. The monoisotopic (exact) mass is 302 g/mol. The first-order valence-electron chi connectivity index (χ1n) is 4.04. The molecule has 6 heteroatoms. The van der Waals surface area contributed by atoms with Gasteiger partial charge in [0.1, 0.15) is 0 Å². The molecule has 0 saturated heterocycles. The van der Waals surface area contributed by atoms with Crippen molar-refractivity contribution in [1.82, 2.24) is 0 Å². The van der Waals surface area contributed by atoms with Gasteiger partial charge in [0, 0.05) is 4.47 Å². The molecule has 0 bridgehead atoms. The Bertz CT molecular complexity index is 363. The zero-order valence-electron chi connectivity index (χ0n) is 8.48. The first kappa shape index (κ1) is 15.9. The van der Waals surface area contributed by atoms with E-state index in [1.165, 1.54) is 0 Å². The minimum atomic E-state index is -4.84.